The fourth-order valence-electron chi connectivity index (χ4n) is 3.15. The van der Waals surface area contributed by atoms with Crippen molar-refractivity contribution in [2.24, 2.45) is 0 Å². The van der Waals surface area contributed by atoms with Gasteiger partial charge in [-0.3, -0.25) is 4.79 Å². The largest absolute Gasteiger partial charge is 0.332 e. The zero-order chi connectivity index (χ0) is 19.4. The van der Waals surface area contributed by atoms with E-state index in [9.17, 15) is 17.6 Å². The van der Waals surface area contributed by atoms with E-state index in [2.05, 4.69) is 5.32 Å². The lowest BCUT2D eigenvalue weighted by molar-refractivity contribution is -0.134. The minimum Gasteiger partial charge on any atom is -0.332 e. The van der Waals surface area contributed by atoms with Gasteiger partial charge in [0, 0.05) is 26.7 Å². The highest BCUT2D eigenvalue weighted by Gasteiger charge is 2.31. The van der Waals surface area contributed by atoms with Gasteiger partial charge in [-0.2, -0.15) is 4.31 Å². The molecule has 0 aliphatic carbocycles. The molecule has 1 saturated heterocycles. The summed E-state index contributed by atoms with van der Waals surface area (Å²) in [5.74, 6) is -0.679. The Balaban J connectivity index is 1.77. The van der Waals surface area contributed by atoms with Crippen molar-refractivity contribution < 1.29 is 17.6 Å². The smallest absolute Gasteiger partial charge is 0.243 e. The topological polar surface area (TPSA) is 69.7 Å². The maximum Gasteiger partial charge on any atom is 0.243 e. The molecule has 2 aromatic rings. The molecule has 0 spiro atoms. The summed E-state index contributed by atoms with van der Waals surface area (Å²) in [7, 11) is -2.36. The zero-order valence-electron chi connectivity index (χ0n) is 15.0. The van der Waals surface area contributed by atoms with E-state index in [1.807, 2.05) is 0 Å². The van der Waals surface area contributed by atoms with Crippen molar-refractivity contribution >= 4 is 15.9 Å². The highest BCUT2D eigenvalue weighted by molar-refractivity contribution is 7.89. The Hall–Kier alpha value is -2.29. The third-order valence-electron chi connectivity index (χ3n) is 4.61. The number of nitrogens with one attached hydrogen (secondary N) is 1. The van der Waals surface area contributed by atoms with Crippen molar-refractivity contribution in [2.75, 3.05) is 33.2 Å². The van der Waals surface area contributed by atoms with E-state index in [1.165, 1.54) is 31.3 Å². The van der Waals surface area contributed by atoms with Crippen molar-refractivity contribution in [1.29, 1.82) is 0 Å². The van der Waals surface area contributed by atoms with E-state index in [1.54, 1.807) is 35.2 Å². The Labute approximate surface area is 158 Å². The van der Waals surface area contributed by atoms with Gasteiger partial charge in [-0.1, -0.05) is 30.3 Å². The molecule has 6 nitrogen and oxygen atoms in total. The number of piperazine rings is 1. The lowest BCUT2D eigenvalue weighted by atomic mass is 10.0. The van der Waals surface area contributed by atoms with Crippen molar-refractivity contribution in [3.8, 4) is 0 Å². The average Bonchev–Trinajstić information content (AvgIpc) is 2.68. The van der Waals surface area contributed by atoms with Crippen molar-refractivity contribution in [1.82, 2.24) is 14.5 Å². The second-order valence-corrected chi connectivity index (χ2v) is 8.48. The van der Waals surface area contributed by atoms with Crippen LogP contribution in [0.5, 0.6) is 0 Å². The van der Waals surface area contributed by atoms with Crippen LogP contribution >= 0.6 is 0 Å². The molecule has 1 amide bonds. The lowest BCUT2D eigenvalue weighted by Gasteiger charge is -2.37. The van der Waals surface area contributed by atoms with Crippen LogP contribution in [0, 0.1) is 5.82 Å². The second kappa shape index (κ2) is 8.16. The first kappa shape index (κ1) is 19.5. The van der Waals surface area contributed by atoms with Crippen LogP contribution in [0.15, 0.2) is 59.5 Å². The van der Waals surface area contributed by atoms with Crippen LogP contribution in [-0.4, -0.2) is 56.8 Å². The number of amides is 1. The number of benzene rings is 2. The van der Waals surface area contributed by atoms with Crippen LogP contribution in [0.25, 0.3) is 0 Å². The summed E-state index contributed by atoms with van der Waals surface area (Å²) in [6.45, 7) is 1.25. The van der Waals surface area contributed by atoms with Gasteiger partial charge in [0.05, 0.1) is 17.5 Å². The summed E-state index contributed by atoms with van der Waals surface area (Å²) in [6.07, 6.45) is 0. The van der Waals surface area contributed by atoms with Crippen LogP contribution in [0.3, 0.4) is 0 Å². The summed E-state index contributed by atoms with van der Waals surface area (Å²) in [5, 5.41) is 3.20. The van der Waals surface area contributed by atoms with Crippen molar-refractivity contribution in [3.05, 3.63) is 66.0 Å². The number of hydrogen-bond donors (Lipinski definition) is 1. The SMILES string of the molecule is CN(CC(=O)N1CCNCC1c1cccc(F)c1)S(=O)(=O)c1ccccc1. The highest BCUT2D eigenvalue weighted by atomic mass is 32.2. The molecule has 1 atom stereocenters. The molecule has 1 aliphatic heterocycles. The Morgan fingerprint density at radius 1 is 1.22 bits per heavy atom. The van der Waals surface area contributed by atoms with E-state index in [-0.39, 0.29) is 29.2 Å². The van der Waals surface area contributed by atoms with Gasteiger partial charge >= 0.3 is 0 Å². The molecule has 8 heteroatoms. The third-order valence-corrected chi connectivity index (χ3v) is 6.42. The molecule has 0 bridgehead atoms. The number of sulfonamides is 1. The first-order valence-electron chi connectivity index (χ1n) is 8.66. The van der Waals surface area contributed by atoms with Gasteiger partial charge in [0.2, 0.25) is 15.9 Å². The van der Waals surface area contributed by atoms with Gasteiger partial charge in [-0.05, 0) is 29.8 Å². The standard InChI is InChI=1S/C19H22FN3O3S/c1-22(27(25,26)17-8-3-2-4-9-17)14-19(24)23-11-10-21-13-18(23)15-6-5-7-16(20)12-15/h2-9,12,18,21H,10-11,13-14H2,1H3. The van der Waals surface area contributed by atoms with Crippen LogP contribution in [0.2, 0.25) is 0 Å². The Morgan fingerprint density at radius 3 is 2.67 bits per heavy atom. The molecule has 0 radical (unpaired) electrons. The second-order valence-electron chi connectivity index (χ2n) is 6.44. The maximum absolute atomic E-state index is 13.6. The van der Waals surface area contributed by atoms with Gasteiger partial charge in [-0.15, -0.1) is 0 Å². The monoisotopic (exact) mass is 391 g/mol. The molecule has 1 fully saturated rings. The number of nitrogens with zero attached hydrogens (tertiary/aromatic N) is 2. The Kier molecular flexibility index (Phi) is 5.88. The number of rotatable bonds is 5. The first-order valence-corrected chi connectivity index (χ1v) is 10.1. The fourth-order valence-corrected chi connectivity index (χ4v) is 4.29. The van der Waals surface area contributed by atoms with Gasteiger partial charge in [-0.25, -0.2) is 12.8 Å². The van der Waals surface area contributed by atoms with Gasteiger partial charge < -0.3 is 10.2 Å². The molecule has 144 valence electrons. The predicted octanol–water partition coefficient (Wildman–Crippen LogP) is 1.62. The van der Waals surface area contributed by atoms with Crippen LogP contribution < -0.4 is 5.32 Å². The van der Waals surface area contributed by atoms with Gasteiger partial charge in [0.1, 0.15) is 5.82 Å². The lowest BCUT2D eigenvalue weighted by Crippen LogP contribution is -2.51. The van der Waals surface area contributed by atoms with Crippen molar-refractivity contribution in [2.45, 2.75) is 10.9 Å². The molecule has 1 aliphatic rings. The van der Waals surface area contributed by atoms with Crippen LogP contribution in [0.1, 0.15) is 11.6 Å². The Bertz CT molecular complexity index is 905. The number of carbonyl (C=O) groups is 1. The number of carbonyl (C=O) groups excluding carboxylic acids is 1. The normalized spacial score (nSPS) is 17.9. The number of hydrogen-bond acceptors (Lipinski definition) is 4. The van der Waals surface area contributed by atoms with Gasteiger partial charge in [0.25, 0.3) is 0 Å². The average molecular weight is 391 g/mol. The summed E-state index contributed by atoms with van der Waals surface area (Å²) in [6, 6.07) is 13.8. The minimum absolute atomic E-state index is 0.141. The van der Waals surface area contributed by atoms with E-state index < -0.39 is 10.0 Å². The molecule has 0 saturated carbocycles. The fraction of sp³-hybridized carbons (Fsp3) is 0.316. The molecule has 2 aromatic carbocycles. The molecule has 1 unspecified atom stereocenters. The quantitative estimate of drug-likeness (QED) is 0.841. The van der Waals surface area contributed by atoms with E-state index in [0.717, 1.165) is 4.31 Å². The number of likely N-dealkylation sites (N-methyl/N-ethyl adjacent to an activating group) is 1. The molecule has 1 heterocycles. The van der Waals surface area contributed by atoms with Gasteiger partial charge in [0.15, 0.2) is 0 Å². The van der Waals surface area contributed by atoms with E-state index >= 15 is 0 Å². The maximum atomic E-state index is 13.6. The predicted molar refractivity (Wildman–Crippen MR) is 100.0 cm³/mol. The van der Waals surface area contributed by atoms with Crippen LogP contribution in [0.4, 0.5) is 4.39 Å². The summed E-state index contributed by atoms with van der Waals surface area (Å²) in [5.41, 5.74) is 0.684. The Morgan fingerprint density at radius 2 is 1.96 bits per heavy atom. The first-order chi connectivity index (χ1) is 12.9. The zero-order valence-corrected chi connectivity index (χ0v) is 15.8. The molecule has 3 rings (SSSR count). The minimum atomic E-state index is -3.75. The molecule has 27 heavy (non-hydrogen) atoms. The molecular weight excluding hydrogens is 369 g/mol. The number of halogens is 1. The molecular formula is C19H22FN3O3S. The summed E-state index contributed by atoms with van der Waals surface area (Å²) >= 11 is 0. The molecule has 1 N–H and O–H groups in total. The van der Waals surface area contributed by atoms with Crippen LogP contribution in [-0.2, 0) is 14.8 Å². The summed E-state index contributed by atoms with van der Waals surface area (Å²) < 4.78 is 39.9. The third kappa shape index (κ3) is 4.35. The molecule has 0 aromatic heterocycles. The highest BCUT2D eigenvalue weighted by Crippen LogP contribution is 2.23. The van der Waals surface area contributed by atoms with Crippen molar-refractivity contribution in [3.63, 3.8) is 0 Å². The summed E-state index contributed by atoms with van der Waals surface area (Å²) in [4.78, 5) is 14.6. The van der Waals surface area contributed by atoms with E-state index in [0.29, 0.717) is 25.2 Å². The van der Waals surface area contributed by atoms with E-state index in [4.69, 9.17) is 0 Å².